The Hall–Kier alpha value is -1.61. The molecule has 0 aromatic carbocycles. The van der Waals surface area contributed by atoms with Gasteiger partial charge >= 0.3 is 5.97 Å². The van der Waals surface area contributed by atoms with Crippen molar-refractivity contribution in [1.29, 1.82) is 0 Å². The summed E-state index contributed by atoms with van der Waals surface area (Å²) in [6.07, 6.45) is 55.8. The van der Waals surface area contributed by atoms with Crippen LogP contribution in [-0.4, -0.2) is 37.1 Å². The van der Waals surface area contributed by atoms with Gasteiger partial charge in [0.05, 0.1) is 5.92 Å². The highest BCUT2D eigenvalue weighted by molar-refractivity contribution is 5.72. The molecule has 0 amide bonds. The van der Waals surface area contributed by atoms with Gasteiger partial charge in [0.15, 0.2) is 0 Å². The topological polar surface area (TPSA) is 29.5 Å². The molecule has 2 unspecified atom stereocenters. The molecule has 1 fully saturated rings. The van der Waals surface area contributed by atoms with Crippen LogP contribution in [0.2, 0.25) is 0 Å². The minimum atomic E-state index is 0.0929. The van der Waals surface area contributed by atoms with Gasteiger partial charge in [-0.2, -0.15) is 0 Å². The maximum absolute atomic E-state index is 13.3. The number of ether oxygens (including phenoxy) is 1. The van der Waals surface area contributed by atoms with Crippen LogP contribution in [0.25, 0.3) is 0 Å². The first kappa shape index (κ1) is 45.4. The summed E-state index contributed by atoms with van der Waals surface area (Å²) in [5.41, 5.74) is 0. The fourth-order valence-electron chi connectivity index (χ4n) is 7.09. The largest absolute Gasteiger partial charge is 0.462 e. The molecular formula is C46H83NO2. The van der Waals surface area contributed by atoms with E-state index in [1.165, 1.54) is 148 Å². The third kappa shape index (κ3) is 28.7. The van der Waals surface area contributed by atoms with Crippen molar-refractivity contribution >= 4 is 5.97 Å². The van der Waals surface area contributed by atoms with Crippen LogP contribution in [-0.2, 0) is 9.53 Å². The van der Waals surface area contributed by atoms with Crippen molar-refractivity contribution in [1.82, 2.24) is 4.90 Å². The summed E-state index contributed by atoms with van der Waals surface area (Å²) in [6.45, 7) is 4.53. The summed E-state index contributed by atoms with van der Waals surface area (Å²) < 4.78 is 6.28. The molecule has 49 heavy (non-hydrogen) atoms. The molecule has 0 aromatic heterocycles. The average Bonchev–Trinajstić information content (AvgIpc) is 3.11. The average molecular weight is 682 g/mol. The van der Waals surface area contributed by atoms with E-state index in [0.29, 0.717) is 6.04 Å². The minimum absolute atomic E-state index is 0.0929. The molecule has 0 saturated heterocycles. The number of rotatable bonds is 33. The number of esters is 1. The van der Waals surface area contributed by atoms with E-state index >= 15 is 0 Å². The highest BCUT2D eigenvalue weighted by atomic mass is 16.5. The number of hydrogen-bond acceptors (Lipinski definition) is 3. The van der Waals surface area contributed by atoms with Gasteiger partial charge in [-0.15, -0.1) is 0 Å². The maximum atomic E-state index is 13.3. The number of unbranched alkanes of at least 4 members (excludes halogenated alkanes) is 18. The smallest absolute Gasteiger partial charge is 0.309 e. The maximum Gasteiger partial charge on any atom is 0.309 e. The first-order valence-electron chi connectivity index (χ1n) is 21.5. The molecule has 0 heterocycles. The minimum Gasteiger partial charge on any atom is -0.462 e. The number of hydrogen-bond donors (Lipinski definition) is 0. The van der Waals surface area contributed by atoms with E-state index in [-0.39, 0.29) is 18.0 Å². The van der Waals surface area contributed by atoms with Crippen molar-refractivity contribution in [2.24, 2.45) is 5.92 Å². The molecule has 1 aliphatic rings. The van der Waals surface area contributed by atoms with Gasteiger partial charge in [-0.05, 0) is 123 Å². The lowest BCUT2D eigenvalue weighted by Gasteiger charge is -2.33. The zero-order chi connectivity index (χ0) is 35.5. The Morgan fingerprint density at radius 2 is 0.980 bits per heavy atom. The number of nitrogens with zero attached hydrogens (tertiary/aromatic N) is 1. The Morgan fingerprint density at radius 3 is 1.41 bits per heavy atom. The molecule has 0 bridgehead atoms. The molecule has 3 nitrogen and oxygen atoms in total. The molecule has 1 saturated carbocycles. The summed E-state index contributed by atoms with van der Waals surface area (Å²) in [5, 5.41) is 0. The predicted octanol–water partition coefficient (Wildman–Crippen LogP) is 14.4. The third-order valence-corrected chi connectivity index (χ3v) is 10.4. The number of carbonyl (C=O) groups excluding carboxylic acids is 1. The van der Waals surface area contributed by atoms with Crippen LogP contribution in [0.4, 0.5) is 0 Å². The van der Waals surface area contributed by atoms with E-state index in [9.17, 15) is 4.79 Å². The summed E-state index contributed by atoms with van der Waals surface area (Å²) in [6, 6.07) is 0.519. The standard InChI is InChI=1S/C46H83NO2/c1-5-7-9-11-13-15-17-19-21-23-25-27-29-31-33-35-40-45(49-46(48)43-38-37-39-44(42-43)47(3)4)41-36-34-32-30-28-26-24-22-20-18-16-14-12-10-8-6-2/h13-16,19-22,43-45H,5-12,17-18,23-42H2,1-4H3/b15-13-,16-14-,21-19-,22-20-. The third-order valence-electron chi connectivity index (χ3n) is 10.4. The molecule has 2 atom stereocenters. The number of carbonyl (C=O) groups is 1. The van der Waals surface area contributed by atoms with Crippen LogP contribution < -0.4 is 0 Å². The fraction of sp³-hybridized carbons (Fsp3) is 0.804. The van der Waals surface area contributed by atoms with Gasteiger partial charge < -0.3 is 9.64 Å². The first-order chi connectivity index (χ1) is 24.1. The second-order valence-electron chi connectivity index (χ2n) is 15.3. The van der Waals surface area contributed by atoms with Crippen molar-refractivity contribution in [2.75, 3.05) is 14.1 Å². The lowest BCUT2D eigenvalue weighted by Crippen LogP contribution is -2.37. The van der Waals surface area contributed by atoms with Gasteiger partial charge in [0.1, 0.15) is 6.10 Å². The van der Waals surface area contributed by atoms with E-state index < -0.39 is 0 Å². The Kier molecular flexibility index (Phi) is 32.3. The van der Waals surface area contributed by atoms with Crippen LogP contribution in [0.3, 0.4) is 0 Å². The summed E-state index contributed by atoms with van der Waals surface area (Å²) in [5.74, 6) is 0.187. The van der Waals surface area contributed by atoms with Gasteiger partial charge in [-0.1, -0.05) is 146 Å². The summed E-state index contributed by atoms with van der Waals surface area (Å²) in [7, 11) is 4.30. The lowest BCUT2D eigenvalue weighted by molar-refractivity contribution is -0.156. The Bertz CT molecular complexity index is 792. The van der Waals surface area contributed by atoms with Crippen molar-refractivity contribution in [3.63, 3.8) is 0 Å². The van der Waals surface area contributed by atoms with Crippen LogP contribution in [0.5, 0.6) is 0 Å². The van der Waals surface area contributed by atoms with E-state index in [4.69, 9.17) is 4.74 Å². The fourth-order valence-corrected chi connectivity index (χ4v) is 7.09. The zero-order valence-electron chi connectivity index (χ0n) is 33.3. The van der Waals surface area contributed by atoms with Gasteiger partial charge in [-0.25, -0.2) is 0 Å². The van der Waals surface area contributed by atoms with Crippen molar-refractivity contribution < 1.29 is 9.53 Å². The normalized spacial score (nSPS) is 17.3. The van der Waals surface area contributed by atoms with E-state index in [1.807, 2.05) is 0 Å². The van der Waals surface area contributed by atoms with E-state index in [1.54, 1.807) is 0 Å². The molecule has 284 valence electrons. The lowest BCUT2D eigenvalue weighted by atomic mass is 9.85. The van der Waals surface area contributed by atoms with Gasteiger partial charge in [0.25, 0.3) is 0 Å². The monoisotopic (exact) mass is 682 g/mol. The summed E-state index contributed by atoms with van der Waals surface area (Å²) >= 11 is 0. The van der Waals surface area contributed by atoms with Crippen molar-refractivity contribution in [3.8, 4) is 0 Å². The molecule has 0 aliphatic heterocycles. The Morgan fingerprint density at radius 1 is 0.571 bits per heavy atom. The van der Waals surface area contributed by atoms with Crippen LogP contribution >= 0.6 is 0 Å². The van der Waals surface area contributed by atoms with Gasteiger partial charge in [0, 0.05) is 6.04 Å². The molecule has 3 heteroatoms. The molecule has 0 spiro atoms. The Balaban J connectivity index is 2.25. The zero-order valence-corrected chi connectivity index (χ0v) is 33.3. The molecule has 1 rings (SSSR count). The van der Waals surface area contributed by atoms with E-state index in [0.717, 1.165) is 44.9 Å². The highest BCUT2D eigenvalue weighted by Crippen LogP contribution is 2.29. The molecule has 0 N–H and O–H groups in total. The second kappa shape index (κ2) is 34.8. The summed E-state index contributed by atoms with van der Waals surface area (Å²) in [4.78, 5) is 15.6. The predicted molar refractivity (Wildman–Crippen MR) is 217 cm³/mol. The number of allylic oxidation sites excluding steroid dienone is 8. The van der Waals surface area contributed by atoms with Crippen LogP contribution in [0.15, 0.2) is 48.6 Å². The molecule has 1 aliphatic carbocycles. The Labute approximate surface area is 306 Å². The van der Waals surface area contributed by atoms with Crippen LogP contribution in [0.1, 0.15) is 206 Å². The second-order valence-corrected chi connectivity index (χ2v) is 15.3. The molecular weight excluding hydrogens is 599 g/mol. The van der Waals surface area contributed by atoms with Crippen molar-refractivity contribution in [3.05, 3.63) is 48.6 Å². The van der Waals surface area contributed by atoms with Crippen LogP contribution in [0, 0.1) is 5.92 Å². The van der Waals surface area contributed by atoms with Crippen molar-refractivity contribution in [2.45, 2.75) is 219 Å². The van der Waals surface area contributed by atoms with Gasteiger partial charge in [0.2, 0.25) is 0 Å². The van der Waals surface area contributed by atoms with Gasteiger partial charge in [-0.3, -0.25) is 4.79 Å². The highest BCUT2D eigenvalue weighted by Gasteiger charge is 2.30. The quantitative estimate of drug-likeness (QED) is 0.0392. The molecule has 0 aromatic rings. The SMILES string of the molecule is CCCCC/C=C\C/C=C\CCCCCCCCC(CCCCCCCC/C=C\C/C=C\CCCCC)OC(=O)C1CCCC(N(C)C)C1. The first-order valence-corrected chi connectivity index (χ1v) is 21.5. The van der Waals surface area contributed by atoms with E-state index in [2.05, 4.69) is 81.5 Å². The molecule has 0 radical (unpaired) electrons.